The number of esters is 1. The number of carbonyl (C=O) groups excluding carboxylic acids is 3. The summed E-state index contributed by atoms with van der Waals surface area (Å²) in [6.07, 6.45) is 2.37. The van der Waals surface area contributed by atoms with E-state index in [1.807, 2.05) is 6.92 Å². The van der Waals surface area contributed by atoms with Crippen molar-refractivity contribution in [2.24, 2.45) is 0 Å². The van der Waals surface area contributed by atoms with E-state index in [4.69, 9.17) is 21.1 Å². The van der Waals surface area contributed by atoms with E-state index in [1.54, 1.807) is 36.4 Å². The lowest BCUT2D eigenvalue weighted by atomic mass is 10.1. The summed E-state index contributed by atoms with van der Waals surface area (Å²) in [5.74, 6) is -0.923. The number of hydrogen-bond donors (Lipinski definition) is 1. The molecule has 0 unspecified atom stereocenters. The number of halogens is 2. The Morgan fingerprint density at radius 1 is 1.27 bits per heavy atom. The van der Waals surface area contributed by atoms with Gasteiger partial charge in [0.1, 0.15) is 5.57 Å². The van der Waals surface area contributed by atoms with Crippen LogP contribution in [0.5, 0.6) is 11.5 Å². The second kappa shape index (κ2) is 9.32. The molecule has 1 aliphatic heterocycles. The second-order valence-corrected chi connectivity index (χ2v) is 7.67. The Balaban J connectivity index is 1.92. The Kier molecular flexibility index (Phi) is 6.79. The molecule has 2 aromatic rings. The smallest absolute Gasteiger partial charge is 0.311 e. The van der Waals surface area contributed by atoms with E-state index in [9.17, 15) is 14.4 Å². The van der Waals surface area contributed by atoms with Gasteiger partial charge < -0.3 is 9.47 Å². The summed E-state index contributed by atoms with van der Waals surface area (Å²) in [6, 6.07) is 9.79. The van der Waals surface area contributed by atoms with Crippen LogP contribution in [0.2, 0.25) is 5.02 Å². The van der Waals surface area contributed by atoms with Crippen molar-refractivity contribution in [1.82, 2.24) is 5.43 Å². The molecule has 2 aromatic carbocycles. The highest BCUT2D eigenvalue weighted by Gasteiger charge is 2.34. The highest BCUT2D eigenvalue weighted by atomic mass is 79.9. The van der Waals surface area contributed by atoms with E-state index in [2.05, 4.69) is 21.4 Å². The maximum atomic E-state index is 12.8. The number of anilines is 1. The number of methoxy groups -OCH3 is 1. The fourth-order valence-electron chi connectivity index (χ4n) is 2.81. The van der Waals surface area contributed by atoms with Gasteiger partial charge in [-0.3, -0.25) is 19.8 Å². The Hall–Kier alpha value is -2.84. The number of benzene rings is 2. The van der Waals surface area contributed by atoms with Gasteiger partial charge in [0.15, 0.2) is 11.5 Å². The molecule has 1 heterocycles. The Bertz CT molecular complexity index is 1050. The van der Waals surface area contributed by atoms with Crippen LogP contribution in [-0.2, 0) is 14.4 Å². The summed E-state index contributed by atoms with van der Waals surface area (Å²) < 4.78 is 11.1. The predicted molar refractivity (Wildman–Crippen MR) is 116 cm³/mol. The zero-order chi connectivity index (χ0) is 21.8. The van der Waals surface area contributed by atoms with Crippen molar-refractivity contribution in [1.29, 1.82) is 0 Å². The van der Waals surface area contributed by atoms with Crippen LogP contribution in [0, 0.1) is 0 Å². The molecule has 1 saturated heterocycles. The first-order valence-electron chi connectivity index (χ1n) is 9.05. The van der Waals surface area contributed by atoms with Gasteiger partial charge in [-0.2, -0.15) is 0 Å². The number of amides is 2. The first-order valence-corrected chi connectivity index (χ1v) is 10.2. The third kappa shape index (κ3) is 4.66. The number of rotatable bonds is 6. The Morgan fingerprint density at radius 2 is 2.03 bits per heavy atom. The summed E-state index contributed by atoms with van der Waals surface area (Å²) in [5, 5.41) is 1.57. The molecule has 156 valence electrons. The average Bonchev–Trinajstić information content (AvgIpc) is 2.98. The monoisotopic (exact) mass is 492 g/mol. The number of ether oxygens (including phenoxy) is 2. The molecular formula is C21H18BrClN2O5. The Labute approximate surface area is 186 Å². The number of nitrogens with zero attached hydrogens (tertiary/aromatic N) is 1. The average molecular weight is 494 g/mol. The number of nitrogens with one attached hydrogen (secondary N) is 1. The van der Waals surface area contributed by atoms with Crippen molar-refractivity contribution in [2.45, 2.75) is 19.8 Å². The first-order chi connectivity index (χ1) is 14.3. The summed E-state index contributed by atoms with van der Waals surface area (Å²) in [5.41, 5.74) is 3.42. The molecule has 30 heavy (non-hydrogen) atoms. The molecular weight excluding hydrogens is 476 g/mol. The summed E-state index contributed by atoms with van der Waals surface area (Å²) >= 11 is 9.33. The lowest BCUT2D eigenvalue weighted by molar-refractivity contribution is -0.134. The third-order valence-corrected chi connectivity index (χ3v) is 5.01. The molecule has 0 saturated carbocycles. The van der Waals surface area contributed by atoms with Crippen molar-refractivity contribution in [2.75, 3.05) is 12.1 Å². The van der Waals surface area contributed by atoms with E-state index in [1.165, 1.54) is 13.2 Å². The van der Waals surface area contributed by atoms with Gasteiger partial charge in [-0.25, -0.2) is 5.01 Å². The molecule has 0 radical (unpaired) electrons. The van der Waals surface area contributed by atoms with E-state index in [0.717, 1.165) is 5.01 Å². The minimum Gasteiger partial charge on any atom is -0.493 e. The van der Waals surface area contributed by atoms with Gasteiger partial charge in [0, 0.05) is 11.4 Å². The maximum absolute atomic E-state index is 12.8. The topological polar surface area (TPSA) is 84.9 Å². The number of hydrogen-bond acceptors (Lipinski definition) is 5. The fourth-order valence-corrected chi connectivity index (χ4v) is 3.54. The maximum Gasteiger partial charge on any atom is 0.311 e. The minimum absolute atomic E-state index is 0.0559. The van der Waals surface area contributed by atoms with Crippen molar-refractivity contribution in [3.8, 4) is 11.5 Å². The van der Waals surface area contributed by atoms with Gasteiger partial charge in [-0.1, -0.05) is 24.6 Å². The highest BCUT2D eigenvalue weighted by molar-refractivity contribution is 9.10. The van der Waals surface area contributed by atoms with Crippen LogP contribution < -0.4 is 19.9 Å². The molecule has 2 amide bonds. The van der Waals surface area contributed by atoms with Crippen LogP contribution in [0.3, 0.4) is 0 Å². The molecule has 1 N–H and O–H groups in total. The van der Waals surface area contributed by atoms with Crippen LogP contribution in [0.15, 0.2) is 46.4 Å². The quantitative estimate of drug-likeness (QED) is 0.281. The number of hydrazine groups is 1. The summed E-state index contributed by atoms with van der Waals surface area (Å²) in [4.78, 5) is 37.0. The summed E-state index contributed by atoms with van der Waals surface area (Å²) in [6.45, 7) is 1.87. The molecule has 9 heteroatoms. The molecule has 0 aromatic heterocycles. The minimum atomic E-state index is -0.548. The van der Waals surface area contributed by atoms with Gasteiger partial charge in [-0.15, -0.1) is 0 Å². The summed E-state index contributed by atoms with van der Waals surface area (Å²) in [7, 11) is 1.43. The van der Waals surface area contributed by atoms with E-state index >= 15 is 0 Å². The SMILES string of the molecule is CCCC(=O)Oc1c(Br)cc(C=C2C(=O)NN(c3cccc(Cl)c3)C2=O)cc1OC. The Morgan fingerprint density at radius 3 is 2.70 bits per heavy atom. The largest absolute Gasteiger partial charge is 0.493 e. The lowest BCUT2D eigenvalue weighted by Gasteiger charge is -2.14. The van der Waals surface area contributed by atoms with Gasteiger partial charge in [0.2, 0.25) is 0 Å². The molecule has 1 fully saturated rings. The first kappa shape index (κ1) is 21.9. The molecule has 0 atom stereocenters. The van der Waals surface area contributed by atoms with E-state index in [0.29, 0.717) is 32.9 Å². The van der Waals surface area contributed by atoms with E-state index in [-0.39, 0.29) is 23.7 Å². The van der Waals surface area contributed by atoms with Crippen molar-refractivity contribution < 1.29 is 23.9 Å². The molecule has 0 spiro atoms. The van der Waals surface area contributed by atoms with Crippen LogP contribution in [0.25, 0.3) is 6.08 Å². The third-order valence-electron chi connectivity index (χ3n) is 4.19. The highest BCUT2D eigenvalue weighted by Crippen LogP contribution is 2.38. The molecule has 0 bridgehead atoms. The standard InChI is InChI=1S/C21H18BrClN2O5/c1-3-5-18(26)30-19-16(22)9-12(10-17(19)29-2)8-15-20(27)24-25(21(15)28)14-7-4-6-13(23)11-14/h4,6-11H,3,5H2,1-2H3,(H,24,27). The number of carbonyl (C=O) groups is 3. The predicted octanol–water partition coefficient (Wildman–Crippen LogP) is 4.28. The van der Waals surface area contributed by atoms with Crippen molar-refractivity contribution in [3.63, 3.8) is 0 Å². The van der Waals surface area contributed by atoms with E-state index < -0.39 is 11.8 Å². The van der Waals surface area contributed by atoms with Crippen molar-refractivity contribution in [3.05, 3.63) is 57.0 Å². The normalized spacial score (nSPS) is 14.8. The second-order valence-electron chi connectivity index (χ2n) is 6.38. The van der Waals surface area contributed by atoms with Crippen LogP contribution in [0.1, 0.15) is 25.3 Å². The molecule has 3 rings (SSSR count). The van der Waals surface area contributed by atoms with Crippen LogP contribution >= 0.6 is 27.5 Å². The molecule has 1 aliphatic rings. The van der Waals surface area contributed by atoms with Crippen molar-refractivity contribution >= 4 is 57.1 Å². The lowest BCUT2D eigenvalue weighted by Crippen LogP contribution is -2.35. The molecule has 7 nitrogen and oxygen atoms in total. The van der Waals surface area contributed by atoms with Crippen LogP contribution in [0.4, 0.5) is 5.69 Å². The van der Waals surface area contributed by atoms with Gasteiger partial charge >= 0.3 is 5.97 Å². The molecule has 0 aliphatic carbocycles. The van der Waals surface area contributed by atoms with Gasteiger partial charge in [0.05, 0.1) is 17.3 Å². The van der Waals surface area contributed by atoms with Crippen LogP contribution in [-0.4, -0.2) is 24.9 Å². The van der Waals surface area contributed by atoms with Gasteiger partial charge in [0.25, 0.3) is 11.8 Å². The zero-order valence-corrected chi connectivity index (χ0v) is 18.5. The zero-order valence-electron chi connectivity index (χ0n) is 16.2. The van der Waals surface area contributed by atoms with Gasteiger partial charge in [-0.05, 0) is 64.3 Å². The fraction of sp³-hybridized carbons (Fsp3) is 0.190.